The first-order valence-corrected chi connectivity index (χ1v) is 3.68. The summed E-state index contributed by atoms with van der Waals surface area (Å²) in [7, 11) is 0. The van der Waals surface area contributed by atoms with Gasteiger partial charge in [0.25, 0.3) is 0 Å². The fourth-order valence-electron chi connectivity index (χ4n) is 0.567. The zero-order valence-electron chi connectivity index (χ0n) is 7.33. The number of amides is 1. The molecule has 0 saturated carbocycles. The van der Waals surface area contributed by atoms with Crippen LogP contribution in [0.5, 0.6) is 0 Å². The molecule has 8 heteroatoms. The largest absolute Gasteiger partial charge is 0.460 e. The van der Waals surface area contributed by atoms with Crippen molar-refractivity contribution < 1.29 is 24.9 Å². The van der Waals surface area contributed by atoms with Crippen LogP contribution in [0.25, 0.3) is 10.4 Å². The number of aliphatic hydroxyl groups is 3. The van der Waals surface area contributed by atoms with Gasteiger partial charge in [-0.1, -0.05) is 0 Å². The van der Waals surface area contributed by atoms with Gasteiger partial charge in [-0.3, -0.25) is 0 Å². The molecule has 0 aromatic rings. The average molecular weight is 205 g/mol. The summed E-state index contributed by atoms with van der Waals surface area (Å²) in [6, 6.07) is 0. The highest BCUT2D eigenvalue weighted by Gasteiger charge is 2.29. The number of ether oxygens (including phenoxy) is 1. The van der Waals surface area contributed by atoms with Crippen LogP contribution >= 0.6 is 0 Å². The summed E-state index contributed by atoms with van der Waals surface area (Å²) in [4.78, 5) is 12.7. The topological polar surface area (TPSA) is 136 Å². The first-order valence-electron chi connectivity index (χ1n) is 3.68. The van der Waals surface area contributed by atoms with Crippen molar-refractivity contribution in [2.45, 2.75) is 0 Å². The Morgan fingerprint density at radius 2 is 1.86 bits per heavy atom. The van der Waals surface area contributed by atoms with Crippen molar-refractivity contribution in [1.82, 2.24) is 0 Å². The molecule has 80 valence electrons. The number of carbonyl (C=O) groups excluding carboxylic acids is 1. The molecular weight excluding hydrogens is 194 g/mol. The van der Waals surface area contributed by atoms with Crippen molar-refractivity contribution in [2.24, 2.45) is 10.5 Å². The van der Waals surface area contributed by atoms with Crippen LogP contribution in [0.15, 0.2) is 5.11 Å². The molecule has 0 atom stereocenters. The Kier molecular flexibility index (Phi) is 5.58. The molecule has 1 amide bonds. The van der Waals surface area contributed by atoms with Gasteiger partial charge < -0.3 is 20.1 Å². The van der Waals surface area contributed by atoms with Crippen molar-refractivity contribution in [3.63, 3.8) is 0 Å². The lowest BCUT2D eigenvalue weighted by molar-refractivity contribution is -0.0361. The van der Waals surface area contributed by atoms with Crippen molar-refractivity contribution in [3.05, 3.63) is 10.4 Å². The summed E-state index contributed by atoms with van der Waals surface area (Å²) in [5.74, 6) is 0. The molecule has 0 aromatic heterocycles. The highest BCUT2D eigenvalue weighted by Crippen LogP contribution is 2.15. The van der Waals surface area contributed by atoms with Gasteiger partial charge in [0.15, 0.2) is 0 Å². The van der Waals surface area contributed by atoms with E-state index in [2.05, 4.69) is 14.8 Å². The molecule has 0 rings (SSSR count). The highest BCUT2D eigenvalue weighted by molar-refractivity contribution is 5.67. The number of carbonyl (C=O) groups is 1. The molecule has 0 fully saturated rings. The Hall–Kier alpha value is -1.34. The Balaban J connectivity index is 4.18. The van der Waals surface area contributed by atoms with Gasteiger partial charge in [-0.15, -0.1) is 0 Å². The normalized spacial score (nSPS) is 10.5. The Morgan fingerprint density at radius 1 is 1.36 bits per heavy atom. The van der Waals surface area contributed by atoms with E-state index in [0.29, 0.717) is 0 Å². The molecule has 0 aliphatic rings. The number of nitrogens with zero attached hydrogens (tertiary/aromatic N) is 3. The maximum atomic E-state index is 10.5. The molecule has 0 spiro atoms. The maximum absolute atomic E-state index is 10.5. The van der Waals surface area contributed by atoms with Gasteiger partial charge in [0.1, 0.15) is 6.61 Å². The number of hydrogen-bond donors (Lipinski definition) is 3. The predicted octanol–water partition coefficient (Wildman–Crippen LogP) is -0.603. The molecule has 0 aliphatic carbocycles. The molecular formula is C6H11N3O5. The van der Waals surface area contributed by atoms with Crippen molar-refractivity contribution in [1.29, 1.82) is 0 Å². The Labute approximate surface area is 79.4 Å². The Bertz CT molecular complexity index is 225. The molecule has 3 N–H and O–H groups in total. The first kappa shape index (κ1) is 12.7. The van der Waals surface area contributed by atoms with Gasteiger partial charge in [0.05, 0.1) is 25.2 Å². The number of rotatable bonds is 5. The van der Waals surface area contributed by atoms with Gasteiger partial charge in [-0.2, -0.15) is 0 Å². The van der Waals surface area contributed by atoms with E-state index in [4.69, 9.17) is 20.9 Å². The smallest absolute Gasteiger partial charge is 0.396 e. The maximum Gasteiger partial charge on any atom is 0.396 e. The second-order valence-corrected chi connectivity index (χ2v) is 2.72. The monoisotopic (exact) mass is 205 g/mol. The summed E-state index contributed by atoms with van der Waals surface area (Å²) in [5.41, 5.74) is 6.54. The van der Waals surface area contributed by atoms with Crippen LogP contribution in [0.4, 0.5) is 4.79 Å². The van der Waals surface area contributed by atoms with Gasteiger partial charge in [-0.25, -0.2) is 4.79 Å². The zero-order chi connectivity index (χ0) is 11.0. The van der Waals surface area contributed by atoms with Crippen LogP contribution in [0.3, 0.4) is 0 Å². The van der Waals surface area contributed by atoms with E-state index in [1.54, 1.807) is 0 Å². The molecule has 0 bridgehead atoms. The number of hydrogen-bond acceptors (Lipinski definition) is 5. The van der Waals surface area contributed by atoms with Crippen LogP contribution < -0.4 is 0 Å². The second kappa shape index (κ2) is 6.17. The van der Waals surface area contributed by atoms with Crippen molar-refractivity contribution in [2.75, 3.05) is 26.4 Å². The highest BCUT2D eigenvalue weighted by atomic mass is 16.5. The molecule has 0 aromatic carbocycles. The Morgan fingerprint density at radius 3 is 2.21 bits per heavy atom. The van der Waals surface area contributed by atoms with E-state index >= 15 is 0 Å². The fourth-order valence-corrected chi connectivity index (χ4v) is 0.567. The zero-order valence-corrected chi connectivity index (χ0v) is 7.33. The molecule has 0 aliphatic heterocycles. The van der Waals surface area contributed by atoms with Gasteiger partial charge in [0, 0.05) is 10.0 Å². The van der Waals surface area contributed by atoms with Crippen LogP contribution in [0, 0.1) is 5.41 Å². The SMILES string of the molecule is [N-]=[N+]=NC(=O)OCC(CO)(CO)CO. The van der Waals surface area contributed by atoms with E-state index in [1.165, 1.54) is 0 Å². The minimum Gasteiger partial charge on any atom is -0.460 e. The predicted molar refractivity (Wildman–Crippen MR) is 44.2 cm³/mol. The molecule has 0 heterocycles. The third-order valence-electron chi connectivity index (χ3n) is 1.63. The number of aliphatic hydroxyl groups excluding tert-OH is 3. The van der Waals surface area contributed by atoms with Gasteiger partial charge >= 0.3 is 6.09 Å². The van der Waals surface area contributed by atoms with E-state index in [9.17, 15) is 4.79 Å². The summed E-state index contributed by atoms with van der Waals surface area (Å²) >= 11 is 0. The fraction of sp³-hybridized carbons (Fsp3) is 0.833. The van der Waals surface area contributed by atoms with Crippen LogP contribution in [0.1, 0.15) is 0 Å². The van der Waals surface area contributed by atoms with E-state index in [-0.39, 0.29) is 0 Å². The third kappa shape index (κ3) is 3.58. The van der Waals surface area contributed by atoms with Crippen LogP contribution in [0.2, 0.25) is 0 Å². The lowest BCUT2D eigenvalue weighted by Gasteiger charge is -2.25. The minimum absolute atomic E-state index is 0.422. The molecule has 0 radical (unpaired) electrons. The summed E-state index contributed by atoms with van der Waals surface area (Å²) in [6.45, 7) is -2.08. The summed E-state index contributed by atoms with van der Waals surface area (Å²) in [6.07, 6.45) is -1.17. The van der Waals surface area contributed by atoms with Crippen LogP contribution in [-0.2, 0) is 4.74 Å². The number of azide groups is 1. The molecule has 0 saturated heterocycles. The third-order valence-corrected chi connectivity index (χ3v) is 1.63. The summed E-state index contributed by atoms with van der Waals surface area (Å²) < 4.78 is 4.38. The second-order valence-electron chi connectivity index (χ2n) is 2.72. The average Bonchev–Trinajstić information content (AvgIpc) is 2.21. The standard InChI is InChI=1S/C6H11N3O5/c7-9-8-5(13)14-4-6(1-10,2-11)3-12/h10-12H,1-4H2. The van der Waals surface area contributed by atoms with E-state index < -0.39 is 37.9 Å². The van der Waals surface area contributed by atoms with E-state index in [0.717, 1.165) is 0 Å². The quantitative estimate of drug-likeness (QED) is 0.312. The minimum atomic E-state index is -1.30. The lowest BCUT2D eigenvalue weighted by atomic mass is 9.93. The van der Waals surface area contributed by atoms with Crippen molar-refractivity contribution >= 4 is 6.09 Å². The molecule has 14 heavy (non-hydrogen) atoms. The summed E-state index contributed by atoms with van der Waals surface area (Å²) in [5, 5.41) is 29.0. The molecule has 8 nitrogen and oxygen atoms in total. The van der Waals surface area contributed by atoms with Gasteiger partial charge in [-0.05, 0) is 5.53 Å². The van der Waals surface area contributed by atoms with Crippen LogP contribution in [-0.4, -0.2) is 47.8 Å². The van der Waals surface area contributed by atoms with E-state index in [1.807, 2.05) is 0 Å². The first-order chi connectivity index (χ1) is 6.64. The van der Waals surface area contributed by atoms with Crippen molar-refractivity contribution in [3.8, 4) is 0 Å². The van der Waals surface area contributed by atoms with Gasteiger partial charge in [0.2, 0.25) is 0 Å². The molecule has 0 unspecified atom stereocenters. The lowest BCUT2D eigenvalue weighted by Crippen LogP contribution is -2.39.